The number of nitrogens with zero attached hydrogens (tertiary/aromatic N) is 4. The third-order valence-electron chi connectivity index (χ3n) is 7.51. The van der Waals surface area contributed by atoms with Gasteiger partial charge in [0, 0.05) is 18.1 Å². The van der Waals surface area contributed by atoms with Crippen LogP contribution in [-0.4, -0.2) is 40.0 Å². The zero-order chi connectivity index (χ0) is 25.5. The first-order chi connectivity index (χ1) is 17.1. The maximum absolute atomic E-state index is 13.4. The Hall–Kier alpha value is -2.14. The Balaban J connectivity index is 0.00000200. The van der Waals surface area contributed by atoms with Crippen LogP contribution in [-0.2, 0) is 15.4 Å². The highest BCUT2D eigenvalue weighted by Crippen LogP contribution is 2.34. The quantitative estimate of drug-likeness (QED) is 0.346. The van der Waals surface area contributed by atoms with Crippen LogP contribution in [0, 0.1) is 0 Å². The molecule has 2 fully saturated rings. The van der Waals surface area contributed by atoms with Crippen LogP contribution in [0.4, 0.5) is 11.8 Å². The SMILES string of the molecule is CC(C)(C)c1ccc(S(=O)(=O)Nc2nc(NC3CCC(N)CC3)nc3c2ncn3C2CCCC2)cc1.Cl.Cl. The van der Waals surface area contributed by atoms with Crippen molar-refractivity contribution in [2.75, 3.05) is 10.0 Å². The minimum atomic E-state index is -3.87. The van der Waals surface area contributed by atoms with Gasteiger partial charge in [0.15, 0.2) is 17.0 Å². The van der Waals surface area contributed by atoms with Gasteiger partial charge in [0.05, 0.1) is 11.2 Å². The topological polar surface area (TPSA) is 128 Å². The summed E-state index contributed by atoms with van der Waals surface area (Å²) < 4.78 is 31.5. The summed E-state index contributed by atoms with van der Waals surface area (Å²) in [6.45, 7) is 6.30. The van der Waals surface area contributed by atoms with Crippen molar-refractivity contribution in [2.45, 2.75) is 101 Å². The monoisotopic (exact) mass is 583 g/mol. The average molecular weight is 585 g/mol. The average Bonchev–Trinajstić information content (AvgIpc) is 3.50. The van der Waals surface area contributed by atoms with Crippen molar-refractivity contribution in [3.63, 3.8) is 0 Å². The number of hydrogen-bond acceptors (Lipinski definition) is 7. The fourth-order valence-corrected chi connectivity index (χ4v) is 6.28. The number of benzene rings is 1. The molecule has 3 aromatic rings. The maximum atomic E-state index is 13.4. The molecule has 38 heavy (non-hydrogen) atoms. The highest BCUT2D eigenvalue weighted by Gasteiger charge is 2.26. The van der Waals surface area contributed by atoms with Gasteiger partial charge in [0.25, 0.3) is 10.0 Å². The fraction of sp³-hybridized carbons (Fsp3) is 0.577. The van der Waals surface area contributed by atoms with E-state index in [1.165, 1.54) is 12.8 Å². The third-order valence-corrected chi connectivity index (χ3v) is 8.86. The van der Waals surface area contributed by atoms with Crippen molar-refractivity contribution in [1.82, 2.24) is 19.5 Å². The van der Waals surface area contributed by atoms with Crippen molar-refractivity contribution in [3.05, 3.63) is 36.2 Å². The summed E-state index contributed by atoms with van der Waals surface area (Å²) >= 11 is 0. The highest BCUT2D eigenvalue weighted by molar-refractivity contribution is 7.92. The van der Waals surface area contributed by atoms with E-state index in [9.17, 15) is 8.42 Å². The van der Waals surface area contributed by atoms with Gasteiger partial charge in [-0.15, -0.1) is 24.8 Å². The largest absolute Gasteiger partial charge is 0.351 e. The summed E-state index contributed by atoms with van der Waals surface area (Å²) in [4.78, 5) is 14.1. The molecule has 5 rings (SSSR count). The second-order valence-electron chi connectivity index (χ2n) is 11.3. The van der Waals surface area contributed by atoms with Gasteiger partial charge in [-0.2, -0.15) is 9.97 Å². The van der Waals surface area contributed by atoms with Gasteiger partial charge in [-0.25, -0.2) is 13.4 Å². The zero-order valence-corrected chi connectivity index (χ0v) is 24.6. The minimum absolute atomic E-state index is 0. The summed E-state index contributed by atoms with van der Waals surface area (Å²) in [5, 5.41) is 3.44. The summed E-state index contributed by atoms with van der Waals surface area (Å²) in [7, 11) is -3.87. The molecule has 0 radical (unpaired) electrons. The molecule has 4 N–H and O–H groups in total. The molecule has 12 heteroatoms. The van der Waals surface area contributed by atoms with Crippen LogP contribution < -0.4 is 15.8 Å². The van der Waals surface area contributed by atoms with E-state index in [2.05, 4.69) is 45.3 Å². The number of nitrogens with two attached hydrogens (primary N) is 1. The molecule has 2 heterocycles. The first kappa shape index (κ1) is 30.4. The smallest absolute Gasteiger partial charge is 0.263 e. The van der Waals surface area contributed by atoms with E-state index in [0.29, 0.717) is 23.2 Å². The van der Waals surface area contributed by atoms with Gasteiger partial charge in [0.1, 0.15) is 0 Å². The Morgan fingerprint density at radius 3 is 2.18 bits per heavy atom. The van der Waals surface area contributed by atoms with Crippen molar-refractivity contribution in [1.29, 1.82) is 0 Å². The first-order valence-corrected chi connectivity index (χ1v) is 14.5. The standard InChI is InChI=1S/C26H37N7O2S.2ClH/c1-26(2,3)17-8-14-21(15-9-17)36(34,35)32-23-22-24(33(16-28-22)20-6-4-5-7-20)31-25(30-23)29-19-12-10-18(27)11-13-19;;/h8-9,14-16,18-20H,4-7,10-13,27H2,1-3H3,(H2,29,30,31,32);2*1H. The number of anilines is 2. The number of hydrogen-bond donors (Lipinski definition) is 3. The maximum Gasteiger partial charge on any atom is 0.263 e. The zero-order valence-electron chi connectivity index (χ0n) is 22.2. The molecule has 0 unspecified atom stereocenters. The Bertz CT molecular complexity index is 1330. The van der Waals surface area contributed by atoms with Crippen LogP contribution >= 0.6 is 24.8 Å². The van der Waals surface area contributed by atoms with E-state index in [1.807, 2.05) is 12.1 Å². The second-order valence-corrected chi connectivity index (χ2v) is 13.0. The molecule has 0 bridgehead atoms. The summed E-state index contributed by atoms with van der Waals surface area (Å²) in [6, 6.07) is 7.77. The normalized spacial score (nSPS) is 20.5. The number of sulfonamides is 1. The summed E-state index contributed by atoms with van der Waals surface area (Å²) in [6.07, 6.45) is 10.0. The van der Waals surface area contributed by atoms with E-state index in [4.69, 9.17) is 10.7 Å². The van der Waals surface area contributed by atoms with Crippen LogP contribution in [0.2, 0.25) is 0 Å². The van der Waals surface area contributed by atoms with Gasteiger partial charge in [0.2, 0.25) is 5.95 Å². The Labute approximate surface area is 237 Å². The van der Waals surface area contributed by atoms with Gasteiger partial charge < -0.3 is 15.6 Å². The number of aromatic nitrogens is 4. The molecule has 0 saturated heterocycles. The number of rotatable bonds is 6. The predicted molar refractivity (Wildman–Crippen MR) is 157 cm³/mol. The van der Waals surface area contributed by atoms with Crippen LogP contribution in [0.25, 0.3) is 11.2 Å². The molecule has 0 amide bonds. The van der Waals surface area contributed by atoms with Crippen LogP contribution in [0.3, 0.4) is 0 Å². The molecule has 1 aromatic carbocycles. The Morgan fingerprint density at radius 2 is 1.58 bits per heavy atom. The molecule has 9 nitrogen and oxygen atoms in total. The molecule has 2 aliphatic carbocycles. The molecule has 2 aliphatic rings. The lowest BCUT2D eigenvalue weighted by Crippen LogP contribution is -2.33. The van der Waals surface area contributed by atoms with Gasteiger partial charge in [-0.3, -0.25) is 4.72 Å². The molecule has 2 aromatic heterocycles. The molecular formula is C26H39Cl2N7O2S. The third kappa shape index (κ3) is 6.52. The number of fused-ring (bicyclic) bond motifs is 1. The van der Waals surface area contributed by atoms with Crippen molar-refractivity contribution < 1.29 is 8.42 Å². The first-order valence-electron chi connectivity index (χ1n) is 13.0. The van der Waals surface area contributed by atoms with E-state index in [-0.39, 0.29) is 53.0 Å². The van der Waals surface area contributed by atoms with E-state index in [0.717, 1.165) is 44.1 Å². The molecule has 2 saturated carbocycles. The van der Waals surface area contributed by atoms with Crippen molar-refractivity contribution in [3.8, 4) is 0 Å². The van der Waals surface area contributed by atoms with Gasteiger partial charge >= 0.3 is 0 Å². The van der Waals surface area contributed by atoms with Crippen LogP contribution in [0.15, 0.2) is 35.5 Å². The predicted octanol–water partition coefficient (Wildman–Crippen LogP) is 5.57. The van der Waals surface area contributed by atoms with Gasteiger partial charge in [-0.05, 0) is 61.6 Å². The van der Waals surface area contributed by atoms with E-state index in [1.54, 1.807) is 18.5 Å². The fourth-order valence-electron chi connectivity index (χ4n) is 5.27. The number of nitrogens with one attached hydrogen (secondary N) is 2. The van der Waals surface area contributed by atoms with Crippen LogP contribution in [0.5, 0.6) is 0 Å². The lowest BCUT2D eigenvalue weighted by molar-refractivity contribution is 0.410. The molecule has 210 valence electrons. The molecule has 0 spiro atoms. The Morgan fingerprint density at radius 1 is 0.947 bits per heavy atom. The second kappa shape index (κ2) is 11.9. The van der Waals surface area contributed by atoms with E-state index < -0.39 is 10.0 Å². The molecular weight excluding hydrogens is 545 g/mol. The lowest BCUT2D eigenvalue weighted by Gasteiger charge is -2.27. The van der Waals surface area contributed by atoms with Crippen LogP contribution in [0.1, 0.15) is 83.7 Å². The van der Waals surface area contributed by atoms with Crippen molar-refractivity contribution >= 4 is 57.8 Å². The van der Waals surface area contributed by atoms with E-state index >= 15 is 0 Å². The van der Waals surface area contributed by atoms with Crippen molar-refractivity contribution in [2.24, 2.45) is 5.73 Å². The number of halogens is 2. The summed E-state index contributed by atoms with van der Waals surface area (Å²) in [5.41, 5.74) is 8.21. The summed E-state index contributed by atoms with van der Waals surface area (Å²) in [5.74, 6) is 0.621. The lowest BCUT2D eigenvalue weighted by atomic mass is 9.87. The molecule has 0 atom stereocenters. The molecule has 0 aliphatic heterocycles. The minimum Gasteiger partial charge on any atom is -0.351 e. The number of imidazole rings is 1. The highest BCUT2D eigenvalue weighted by atomic mass is 35.5. The van der Waals surface area contributed by atoms with Gasteiger partial charge in [-0.1, -0.05) is 45.7 Å². The Kier molecular flexibility index (Phi) is 9.55.